The van der Waals surface area contributed by atoms with Crippen molar-refractivity contribution in [2.24, 2.45) is 0 Å². The van der Waals surface area contributed by atoms with Crippen LogP contribution in [0.1, 0.15) is 19.3 Å². The number of thioether (sulfide) groups is 1. The summed E-state index contributed by atoms with van der Waals surface area (Å²) in [4.78, 5) is 0. The largest absolute Gasteiger partial charge is 0.379 e. The van der Waals surface area contributed by atoms with Crippen LogP contribution in [-0.2, 0) is 4.74 Å². The van der Waals surface area contributed by atoms with E-state index in [1.54, 1.807) is 0 Å². The monoisotopic (exact) mass is 363 g/mol. The highest BCUT2D eigenvalue weighted by Gasteiger charge is 2.40. The van der Waals surface area contributed by atoms with Crippen LogP contribution >= 0.6 is 27.7 Å². The summed E-state index contributed by atoms with van der Waals surface area (Å²) in [6.07, 6.45) is 2.78. The van der Waals surface area contributed by atoms with Crippen LogP contribution < -0.4 is 5.32 Å². The molecule has 2 aliphatic heterocycles. The van der Waals surface area contributed by atoms with Gasteiger partial charge in [0.1, 0.15) is 11.6 Å². The first-order valence-electron chi connectivity index (χ1n) is 6.71. The second kappa shape index (κ2) is 5.81. The standard InChI is InChI=1S/C14H16BrF2NOS/c15-11-5-9(16)6-12(17)13(11)18-10-1-3-19-14(7-10)2-4-20-8-14/h5-6,10,18H,1-4,7-8H2. The molecule has 0 aliphatic carbocycles. The number of anilines is 1. The van der Waals surface area contributed by atoms with Gasteiger partial charge in [-0.05, 0) is 47.0 Å². The molecule has 2 atom stereocenters. The zero-order valence-corrected chi connectivity index (χ0v) is 13.3. The van der Waals surface area contributed by atoms with E-state index < -0.39 is 11.6 Å². The van der Waals surface area contributed by atoms with Crippen LogP contribution in [0.25, 0.3) is 0 Å². The Hall–Kier alpha value is -0.330. The fourth-order valence-corrected chi connectivity index (χ4v) is 4.80. The number of benzene rings is 1. The Morgan fingerprint density at radius 3 is 2.95 bits per heavy atom. The van der Waals surface area contributed by atoms with Crippen molar-refractivity contribution >= 4 is 33.4 Å². The lowest BCUT2D eigenvalue weighted by Crippen LogP contribution is -2.44. The van der Waals surface area contributed by atoms with E-state index in [0.29, 0.717) is 16.8 Å². The number of ether oxygens (including phenoxy) is 1. The third-order valence-corrected chi connectivity index (χ3v) is 5.76. The molecule has 2 unspecified atom stereocenters. The van der Waals surface area contributed by atoms with Gasteiger partial charge < -0.3 is 10.1 Å². The van der Waals surface area contributed by atoms with Crippen molar-refractivity contribution in [2.45, 2.75) is 30.9 Å². The summed E-state index contributed by atoms with van der Waals surface area (Å²) >= 11 is 5.13. The number of rotatable bonds is 2. The van der Waals surface area contributed by atoms with Crippen LogP contribution in [0.3, 0.4) is 0 Å². The minimum atomic E-state index is -0.574. The molecule has 110 valence electrons. The molecule has 0 radical (unpaired) electrons. The van der Waals surface area contributed by atoms with Crippen LogP contribution in [0.2, 0.25) is 0 Å². The maximum Gasteiger partial charge on any atom is 0.150 e. The molecule has 0 saturated carbocycles. The summed E-state index contributed by atoms with van der Waals surface area (Å²) in [5.41, 5.74) is 0.294. The number of hydrogen-bond donors (Lipinski definition) is 1. The van der Waals surface area contributed by atoms with Crippen LogP contribution in [0, 0.1) is 11.6 Å². The fourth-order valence-electron chi connectivity index (χ4n) is 2.90. The Bertz CT molecular complexity index is 485. The Balaban J connectivity index is 1.74. The fraction of sp³-hybridized carbons (Fsp3) is 0.571. The molecule has 2 fully saturated rings. The molecule has 2 saturated heterocycles. The molecule has 2 heterocycles. The van der Waals surface area contributed by atoms with Gasteiger partial charge in [0.15, 0.2) is 0 Å². The van der Waals surface area contributed by atoms with Gasteiger partial charge >= 0.3 is 0 Å². The van der Waals surface area contributed by atoms with E-state index in [0.717, 1.165) is 36.8 Å². The van der Waals surface area contributed by atoms with Crippen molar-refractivity contribution < 1.29 is 13.5 Å². The quantitative estimate of drug-likeness (QED) is 0.850. The van der Waals surface area contributed by atoms with E-state index in [1.807, 2.05) is 11.8 Å². The smallest absolute Gasteiger partial charge is 0.150 e. The van der Waals surface area contributed by atoms with E-state index in [2.05, 4.69) is 21.2 Å². The molecule has 1 aromatic rings. The van der Waals surface area contributed by atoms with Crippen molar-refractivity contribution in [1.82, 2.24) is 0 Å². The van der Waals surface area contributed by atoms with E-state index in [-0.39, 0.29) is 11.6 Å². The lowest BCUT2D eigenvalue weighted by Gasteiger charge is -2.38. The van der Waals surface area contributed by atoms with E-state index in [1.165, 1.54) is 6.07 Å². The van der Waals surface area contributed by atoms with Gasteiger partial charge in [0.05, 0.1) is 11.3 Å². The topological polar surface area (TPSA) is 21.3 Å². The molecule has 1 aromatic carbocycles. The van der Waals surface area contributed by atoms with Crippen LogP contribution in [-0.4, -0.2) is 29.8 Å². The lowest BCUT2D eigenvalue weighted by atomic mass is 9.90. The molecule has 1 spiro atoms. The molecule has 2 nitrogen and oxygen atoms in total. The highest BCUT2D eigenvalue weighted by molar-refractivity contribution is 9.10. The van der Waals surface area contributed by atoms with Crippen molar-refractivity contribution in [1.29, 1.82) is 0 Å². The predicted molar refractivity (Wildman–Crippen MR) is 81.3 cm³/mol. The molecule has 20 heavy (non-hydrogen) atoms. The van der Waals surface area contributed by atoms with Gasteiger partial charge in [-0.2, -0.15) is 11.8 Å². The first-order valence-corrected chi connectivity index (χ1v) is 8.66. The third-order valence-electron chi connectivity index (χ3n) is 3.92. The Kier molecular flexibility index (Phi) is 4.24. The van der Waals surface area contributed by atoms with Gasteiger partial charge in [-0.1, -0.05) is 0 Å². The summed E-state index contributed by atoms with van der Waals surface area (Å²) in [5.74, 6) is 1.01. The molecule has 3 rings (SSSR count). The van der Waals surface area contributed by atoms with Crippen LogP contribution in [0.5, 0.6) is 0 Å². The Morgan fingerprint density at radius 1 is 1.40 bits per heavy atom. The average molecular weight is 364 g/mol. The summed E-state index contributed by atoms with van der Waals surface area (Å²) in [5, 5.41) is 3.22. The van der Waals surface area contributed by atoms with Gasteiger partial charge in [0.25, 0.3) is 0 Å². The maximum absolute atomic E-state index is 13.9. The van der Waals surface area contributed by atoms with Gasteiger partial charge in [-0.15, -0.1) is 0 Å². The second-order valence-electron chi connectivity index (χ2n) is 5.41. The summed E-state index contributed by atoms with van der Waals surface area (Å²) in [6.45, 7) is 0.693. The normalized spacial score (nSPS) is 29.9. The number of halogens is 3. The van der Waals surface area contributed by atoms with Gasteiger partial charge in [0, 0.05) is 28.9 Å². The molecule has 0 aromatic heterocycles. The lowest BCUT2D eigenvalue weighted by molar-refractivity contribution is -0.0628. The highest BCUT2D eigenvalue weighted by Crippen LogP contribution is 2.39. The number of hydrogen-bond acceptors (Lipinski definition) is 3. The van der Waals surface area contributed by atoms with Gasteiger partial charge in [0.2, 0.25) is 0 Å². The van der Waals surface area contributed by atoms with Crippen LogP contribution in [0.4, 0.5) is 14.5 Å². The van der Waals surface area contributed by atoms with Crippen molar-refractivity contribution in [3.05, 3.63) is 28.2 Å². The van der Waals surface area contributed by atoms with E-state index in [4.69, 9.17) is 4.74 Å². The molecule has 1 N–H and O–H groups in total. The minimum absolute atomic E-state index is 0.0520. The van der Waals surface area contributed by atoms with Crippen molar-refractivity contribution in [2.75, 3.05) is 23.4 Å². The van der Waals surface area contributed by atoms with E-state index >= 15 is 0 Å². The minimum Gasteiger partial charge on any atom is -0.379 e. The maximum atomic E-state index is 13.9. The molecule has 0 bridgehead atoms. The van der Waals surface area contributed by atoms with Gasteiger partial charge in [-0.25, -0.2) is 8.78 Å². The first-order chi connectivity index (χ1) is 9.58. The zero-order chi connectivity index (χ0) is 14.2. The zero-order valence-electron chi connectivity index (χ0n) is 10.9. The Labute approximate surface area is 129 Å². The molecule has 2 aliphatic rings. The van der Waals surface area contributed by atoms with Crippen molar-refractivity contribution in [3.63, 3.8) is 0 Å². The molecule has 0 amide bonds. The predicted octanol–water partition coefficient (Wildman–Crippen LogP) is 4.19. The summed E-state index contributed by atoms with van der Waals surface area (Å²) < 4.78 is 33.3. The highest BCUT2D eigenvalue weighted by atomic mass is 79.9. The van der Waals surface area contributed by atoms with Crippen molar-refractivity contribution in [3.8, 4) is 0 Å². The third kappa shape index (κ3) is 2.97. The summed E-state index contributed by atoms with van der Waals surface area (Å²) in [6, 6.07) is 2.36. The SMILES string of the molecule is Fc1cc(F)c(NC2CCOC3(CCSC3)C2)c(Br)c1. The summed E-state index contributed by atoms with van der Waals surface area (Å²) in [7, 11) is 0. The van der Waals surface area contributed by atoms with Gasteiger partial charge in [-0.3, -0.25) is 0 Å². The molecular formula is C14H16BrF2NOS. The first kappa shape index (κ1) is 14.6. The average Bonchev–Trinajstić information content (AvgIpc) is 2.82. The number of nitrogens with one attached hydrogen (secondary N) is 1. The molecular weight excluding hydrogens is 348 g/mol. The molecule has 6 heteroatoms. The van der Waals surface area contributed by atoms with Crippen LogP contribution in [0.15, 0.2) is 16.6 Å². The second-order valence-corrected chi connectivity index (χ2v) is 7.37. The van der Waals surface area contributed by atoms with E-state index in [9.17, 15) is 8.78 Å². The Morgan fingerprint density at radius 2 is 2.25 bits per heavy atom.